The van der Waals surface area contributed by atoms with Gasteiger partial charge in [-0.2, -0.15) is 0 Å². The third kappa shape index (κ3) is 0.232. The Morgan fingerprint density at radius 2 is 1.58 bits per heavy atom. The largest absolute Gasteiger partial charge is 0.0687 e. The van der Waals surface area contributed by atoms with Crippen LogP contribution in [0.4, 0.5) is 0 Å². The van der Waals surface area contributed by atoms with Gasteiger partial charge in [-0.15, -0.1) is 0 Å². The fourth-order valence-electron chi connectivity index (χ4n) is 5.58. The zero-order valence-electron chi connectivity index (χ0n) is 8.73. The lowest BCUT2D eigenvalue weighted by molar-refractivity contribution is 0.301. The van der Waals surface area contributed by atoms with E-state index in [0.717, 1.165) is 21.4 Å². The molecule has 12 heavy (non-hydrogen) atoms. The van der Waals surface area contributed by atoms with E-state index in [1.165, 1.54) is 11.8 Å². The summed E-state index contributed by atoms with van der Waals surface area (Å²) >= 11 is 0. The molecule has 66 valence electrons. The van der Waals surface area contributed by atoms with E-state index >= 15 is 0 Å². The molecule has 0 aliphatic heterocycles. The monoisotopic (exact) mass is 178 g/mol. The number of hydrogen-bond acceptors (Lipinski definition) is 0. The van der Waals surface area contributed by atoms with Gasteiger partial charge in [0.2, 0.25) is 0 Å². The molecular formula is C11H18Si. The average Bonchev–Trinajstić information content (AvgIpc) is 2.72. The fourth-order valence-corrected chi connectivity index (χ4v) is 10.6. The lowest BCUT2D eigenvalue weighted by atomic mass is 9.86. The summed E-state index contributed by atoms with van der Waals surface area (Å²) in [6.07, 6.45) is 0. The van der Waals surface area contributed by atoms with Crippen molar-refractivity contribution in [3.8, 4) is 0 Å². The van der Waals surface area contributed by atoms with Crippen LogP contribution in [-0.2, 0) is 0 Å². The molecule has 4 saturated carbocycles. The van der Waals surface area contributed by atoms with Gasteiger partial charge >= 0.3 is 0 Å². The van der Waals surface area contributed by atoms with Gasteiger partial charge in [-0.25, -0.2) is 0 Å². The van der Waals surface area contributed by atoms with Crippen molar-refractivity contribution in [3.63, 3.8) is 0 Å². The Hall–Kier alpha value is 0.217. The van der Waals surface area contributed by atoms with Crippen molar-refractivity contribution in [2.75, 3.05) is 0 Å². The van der Waals surface area contributed by atoms with Gasteiger partial charge in [-0.1, -0.05) is 39.4 Å². The molecule has 0 saturated heterocycles. The molecule has 0 aromatic carbocycles. The van der Waals surface area contributed by atoms with E-state index < -0.39 is 8.07 Å². The zero-order valence-corrected chi connectivity index (χ0v) is 9.73. The number of fused-ring (bicyclic) bond motifs is 4. The highest BCUT2D eigenvalue weighted by atomic mass is 28.3. The smallest absolute Gasteiger partial charge is 0.0576 e. The van der Waals surface area contributed by atoms with E-state index in [4.69, 9.17) is 0 Å². The van der Waals surface area contributed by atoms with Crippen molar-refractivity contribution < 1.29 is 0 Å². The first-order valence-electron chi connectivity index (χ1n) is 5.43. The lowest BCUT2D eigenvalue weighted by Crippen LogP contribution is -2.45. The Kier molecular flexibility index (Phi) is 0.587. The molecule has 4 aliphatic carbocycles. The normalized spacial score (nSPS) is 73.5. The van der Waals surface area contributed by atoms with E-state index in [1.54, 1.807) is 0 Å². The SMILES string of the molecule is CC(C)[Si](C)(C)C12[C@@H]3C4(C)[C@H]1C342. The van der Waals surface area contributed by atoms with Gasteiger partial charge in [0, 0.05) is 0 Å². The topological polar surface area (TPSA) is 0 Å². The van der Waals surface area contributed by atoms with Crippen molar-refractivity contribution in [1.82, 2.24) is 0 Å². The second-order valence-electron chi connectivity index (χ2n) is 6.76. The molecule has 1 heteroatoms. The second kappa shape index (κ2) is 1.06. The number of rotatable bonds is 2. The molecule has 1 spiro atoms. The molecule has 0 aromatic heterocycles. The summed E-state index contributed by atoms with van der Waals surface area (Å²) in [4.78, 5) is 0. The molecule has 5 atom stereocenters. The highest BCUT2D eigenvalue weighted by molar-refractivity contribution is 6.86. The van der Waals surface area contributed by atoms with Gasteiger partial charge in [0.25, 0.3) is 0 Å². The predicted molar refractivity (Wildman–Crippen MR) is 52.8 cm³/mol. The van der Waals surface area contributed by atoms with Crippen molar-refractivity contribution in [1.29, 1.82) is 0 Å². The van der Waals surface area contributed by atoms with E-state index in [1.807, 2.05) is 0 Å². The lowest BCUT2D eigenvalue weighted by Gasteiger charge is -2.45. The molecule has 0 heterocycles. The van der Waals surface area contributed by atoms with Crippen LogP contribution in [0.1, 0.15) is 20.8 Å². The maximum absolute atomic E-state index is 2.64. The van der Waals surface area contributed by atoms with E-state index in [-0.39, 0.29) is 0 Å². The molecule has 0 nitrogen and oxygen atoms in total. The van der Waals surface area contributed by atoms with Crippen molar-refractivity contribution in [2.45, 2.75) is 44.4 Å². The highest BCUT2D eigenvalue weighted by Gasteiger charge is 3.36. The van der Waals surface area contributed by atoms with Crippen molar-refractivity contribution >= 4 is 8.07 Å². The quantitative estimate of drug-likeness (QED) is 0.570. The van der Waals surface area contributed by atoms with Crippen LogP contribution in [-0.4, -0.2) is 8.07 Å². The summed E-state index contributed by atoms with van der Waals surface area (Å²) in [5, 5.41) is 1.03. The van der Waals surface area contributed by atoms with E-state index in [9.17, 15) is 0 Å². The van der Waals surface area contributed by atoms with Crippen LogP contribution in [0.25, 0.3) is 0 Å². The Morgan fingerprint density at radius 1 is 1.17 bits per heavy atom. The molecule has 0 bridgehead atoms. The predicted octanol–water partition coefficient (Wildman–Crippen LogP) is 3.12. The van der Waals surface area contributed by atoms with Crippen LogP contribution in [0.2, 0.25) is 23.7 Å². The molecule has 4 aliphatic rings. The van der Waals surface area contributed by atoms with Gasteiger partial charge < -0.3 is 0 Å². The molecule has 0 aromatic rings. The van der Waals surface area contributed by atoms with E-state index in [2.05, 4.69) is 33.9 Å². The standard InChI is InChI=1S/C11H18Si/c1-6(2)12(4,5)11-7-9(3)8(11)10(7,9)11/h6-8H,1-5H3/t7-,8+,9?,10?,11?. The molecule has 0 N–H and O–H groups in total. The van der Waals surface area contributed by atoms with Crippen LogP contribution in [0, 0.1) is 22.7 Å². The average molecular weight is 178 g/mol. The first-order chi connectivity index (χ1) is 5.43. The Labute approximate surface area is 75.7 Å². The third-order valence-electron chi connectivity index (χ3n) is 6.77. The molecule has 3 unspecified atom stereocenters. The Morgan fingerprint density at radius 3 is 1.83 bits per heavy atom. The molecule has 0 amide bonds. The van der Waals surface area contributed by atoms with E-state index in [0.29, 0.717) is 0 Å². The number of hydrogen-bond donors (Lipinski definition) is 0. The second-order valence-corrected chi connectivity index (χ2v) is 12.2. The summed E-state index contributed by atoms with van der Waals surface area (Å²) in [5.41, 5.74) is 2.99. The van der Waals surface area contributed by atoms with Gasteiger partial charge in [-0.05, 0) is 27.7 Å². The van der Waals surface area contributed by atoms with Crippen LogP contribution < -0.4 is 0 Å². The van der Waals surface area contributed by atoms with Gasteiger partial charge in [0.05, 0.1) is 8.07 Å². The maximum Gasteiger partial charge on any atom is 0.0576 e. The van der Waals surface area contributed by atoms with Gasteiger partial charge in [-0.3, -0.25) is 0 Å². The van der Waals surface area contributed by atoms with Crippen LogP contribution >= 0.6 is 0 Å². The zero-order chi connectivity index (χ0) is 8.73. The van der Waals surface area contributed by atoms with Crippen LogP contribution in [0.5, 0.6) is 0 Å². The summed E-state index contributed by atoms with van der Waals surface area (Å²) in [6, 6.07) is 0. The van der Waals surface area contributed by atoms with Gasteiger partial charge in [0.1, 0.15) is 0 Å². The third-order valence-corrected chi connectivity index (χ3v) is 12.8. The Bertz CT molecular complexity index is 314. The highest BCUT2D eigenvalue weighted by Crippen LogP contribution is 3.41. The van der Waals surface area contributed by atoms with Crippen LogP contribution in [0.3, 0.4) is 0 Å². The maximum atomic E-state index is 2.64. The van der Waals surface area contributed by atoms with Crippen molar-refractivity contribution in [3.05, 3.63) is 0 Å². The van der Waals surface area contributed by atoms with Crippen LogP contribution in [0.15, 0.2) is 0 Å². The van der Waals surface area contributed by atoms with Gasteiger partial charge in [0.15, 0.2) is 0 Å². The fraction of sp³-hybridized carbons (Fsp3) is 1.00. The minimum Gasteiger partial charge on any atom is -0.0687 e. The molecule has 4 fully saturated rings. The minimum absolute atomic E-state index is 0.838. The minimum atomic E-state index is -0.838. The molecule has 0 radical (unpaired) electrons. The summed E-state index contributed by atoms with van der Waals surface area (Å²) in [7, 11) is -0.838. The van der Waals surface area contributed by atoms with Crippen molar-refractivity contribution in [2.24, 2.45) is 22.7 Å². The molecular weight excluding hydrogens is 160 g/mol. The summed E-state index contributed by atoms with van der Waals surface area (Å²) in [5.74, 6) is 2.51. The summed E-state index contributed by atoms with van der Waals surface area (Å²) < 4.78 is 0. The summed E-state index contributed by atoms with van der Waals surface area (Å²) in [6.45, 7) is 12.8. The Balaban J connectivity index is 1.72. The molecule has 4 rings (SSSR count). The first-order valence-corrected chi connectivity index (χ1v) is 8.50. The first kappa shape index (κ1) is 6.64.